The zero-order chi connectivity index (χ0) is 24.1. The number of hydrogen-bond acceptors (Lipinski definition) is 1. The minimum atomic E-state index is -0.747. The number of allylic oxidation sites excluding steroid dienone is 2. The molecule has 0 radical (unpaired) electrons. The van der Waals surface area contributed by atoms with E-state index in [4.69, 9.17) is 4.74 Å². The first-order valence-corrected chi connectivity index (χ1v) is 11.7. The molecule has 0 amide bonds. The topological polar surface area (TPSA) is 9.23 Å². The largest absolute Gasteiger partial charge is 0.486 e. The number of benzene rings is 3. The summed E-state index contributed by atoms with van der Waals surface area (Å²) in [5, 5.41) is 0. The maximum Gasteiger partial charge on any atom is 0.166 e. The van der Waals surface area contributed by atoms with Gasteiger partial charge in [-0.2, -0.15) is 0 Å². The van der Waals surface area contributed by atoms with Crippen molar-refractivity contribution in [3.05, 3.63) is 107 Å². The van der Waals surface area contributed by atoms with Crippen LogP contribution in [0.1, 0.15) is 42.9 Å². The lowest BCUT2D eigenvalue weighted by atomic mass is 9.87. The van der Waals surface area contributed by atoms with E-state index >= 15 is 0 Å². The van der Waals surface area contributed by atoms with Crippen LogP contribution in [0.2, 0.25) is 0 Å². The quantitative estimate of drug-likeness (QED) is 0.306. The first-order chi connectivity index (χ1) is 16.5. The second-order valence-electron chi connectivity index (χ2n) is 8.95. The van der Waals surface area contributed by atoms with Crippen molar-refractivity contribution in [2.75, 3.05) is 6.61 Å². The van der Waals surface area contributed by atoms with Gasteiger partial charge in [0.05, 0.1) is 0 Å². The van der Waals surface area contributed by atoms with E-state index in [1.54, 1.807) is 30.3 Å². The van der Waals surface area contributed by atoms with Crippen molar-refractivity contribution in [1.82, 2.24) is 0 Å². The molecule has 0 saturated carbocycles. The van der Waals surface area contributed by atoms with Gasteiger partial charge in [0.1, 0.15) is 6.61 Å². The van der Waals surface area contributed by atoms with E-state index in [0.29, 0.717) is 29.9 Å². The summed E-state index contributed by atoms with van der Waals surface area (Å²) in [5.74, 6) is -1.13. The van der Waals surface area contributed by atoms with Crippen LogP contribution in [-0.4, -0.2) is 6.61 Å². The van der Waals surface area contributed by atoms with Gasteiger partial charge in [0.2, 0.25) is 0 Å². The molecule has 0 aliphatic heterocycles. The third-order valence-corrected chi connectivity index (χ3v) is 6.44. The van der Waals surface area contributed by atoms with Crippen LogP contribution in [0.3, 0.4) is 0 Å². The molecule has 0 N–H and O–H groups in total. The van der Waals surface area contributed by atoms with E-state index in [2.05, 4.69) is 13.5 Å². The average molecular weight is 463 g/mol. The normalized spacial score (nSPS) is 15.6. The van der Waals surface area contributed by atoms with Crippen LogP contribution in [0, 0.1) is 23.4 Å². The predicted octanol–water partition coefficient (Wildman–Crippen LogP) is 8.32. The summed E-state index contributed by atoms with van der Waals surface area (Å²) < 4.78 is 49.1. The summed E-state index contributed by atoms with van der Waals surface area (Å²) in [7, 11) is 0. The standard InChI is InChI=1S/C30H29F3O/c1-3-18-34-28-17-15-25(19-27(28)31)22-11-6-21(7-12-22)8-13-24-14-16-26(30(33)29(24)32)23-9-4-20(2)5-10-23/h3,6-7,9,11-12,14-17,19-20H,1,4-5,8,10,13,18H2,2H3. The molecule has 0 bridgehead atoms. The van der Waals surface area contributed by atoms with Crippen LogP contribution in [0.15, 0.2) is 73.3 Å². The molecule has 176 valence electrons. The summed E-state index contributed by atoms with van der Waals surface area (Å²) in [5.41, 5.74) is 4.30. The highest BCUT2D eigenvalue weighted by Gasteiger charge is 2.19. The summed E-state index contributed by atoms with van der Waals surface area (Å²) in [6.45, 7) is 5.98. The lowest BCUT2D eigenvalue weighted by Gasteiger charge is -2.19. The van der Waals surface area contributed by atoms with Crippen LogP contribution in [0.4, 0.5) is 13.2 Å². The van der Waals surface area contributed by atoms with Gasteiger partial charge in [0.15, 0.2) is 23.2 Å². The van der Waals surface area contributed by atoms with Gasteiger partial charge < -0.3 is 4.74 Å². The Hall–Kier alpha value is -3.27. The highest BCUT2D eigenvalue weighted by Crippen LogP contribution is 2.33. The molecule has 1 aliphatic rings. The third kappa shape index (κ3) is 5.44. The molecule has 0 aromatic heterocycles. The summed E-state index contributed by atoms with van der Waals surface area (Å²) in [6.07, 6.45) is 7.30. The molecule has 3 aromatic rings. The molecule has 4 heteroatoms. The fourth-order valence-electron chi connectivity index (χ4n) is 4.33. The number of hydrogen-bond donors (Lipinski definition) is 0. The van der Waals surface area contributed by atoms with Crippen molar-refractivity contribution in [2.45, 2.75) is 39.0 Å². The van der Waals surface area contributed by atoms with Crippen LogP contribution >= 0.6 is 0 Å². The van der Waals surface area contributed by atoms with E-state index in [0.717, 1.165) is 41.5 Å². The third-order valence-electron chi connectivity index (χ3n) is 6.44. The van der Waals surface area contributed by atoms with Gasteiger partial charge in [-0.1, -0.05) is 68.1 Å². The van der Waals surface area contributed by atoms with Crippen molar-refractivity contribution in [3.63, 3.8) is 0 Å². The number of aryl methyl sites for hydroxylation is 2. The minimum Gasteiger partial charge on any atom is -0.486 e. The maximum atomic E-state index is 14.8. The average Bonchev–Trinajstić information content (AvgIpc) is 2.85. The Labute approximate surface area is 199 Å². The Morgan fingerprint density at radius 3 is 2.38 bits per heavy atom. The Balaban J connectivity index is 1.42. The van der Waals surface area contributed by atoms with Gasteiger partial charge >= 0.3 is 0 Å². The molecule has 0 spiro atoms. The lowest BCUT2D eigenvalue weighted by molar-refractivity contribution is 0.342. The molecular weight excluding hydrogens is 433 g/mol. The summed E-state index contributed by atoms with van der Waals surface area (Å²) in [6, 6.07) is 16.0. The Kier molecular flexibility index (Phi) is 7.56. The molecule has 1 atom stereocenters. The first-order valence-electron chi connectivity index (χ1n) is 11.7. The molecule has 1 nitrogen and oxygen atoms in total. The molecule has 1 aliphatic carbocycles. The van der Waals surface area contributed by atoms with Gasteiger partial charge in [-0.25, -0.2) is 13.2 Å². The molecule has 4 rings (SSSR count). The van der Waals surface area contributed by atoms with E-state index in [1.807, 2.05) is 30.3 Å². The molecule has 0 saturated heterocycles. The van der Waals surface area contributed by atoms with E-state index in [1.165, 1.54) is 6.07 Å². The number of ether oxygens (including phenoxy) is 1. The minimum absolute atomic E-state index is 0.190. The van der Waals surface area contributed by atoms with Crippen LogP contribution in [-0.2, 0) is 12.8 Å². The van der Waals surface area contributed by atoms with Crippen molar-refractivity contribution >= 4 is 5.57 Å². The zero-order valence-corrected chi connectivity index (χ0v) is 19.4. The van der Waals surface area contributed by atoms with Crippen molar-refractivity contribution in [3.8, 4) is 16.9 Å². The van der Waals surface area contributed by atoms with E-state index < -0.39 is 17.5 Å². The SMILES string of the molecule is C=CCOc1ccc(-c2ccc(CCc3ccc(C4=CCC(C)CC4)c(F)c3F)cc2)cc1F. The molecule has 0 fully saturated rings. The second kappa shape index (κ2) is 10.8. The predicted molar refractivity (Wildman–Crippen MR) is 132 cm³/mol. The van der Waals surface area contributed by atoms with Crippen molar-refractivity contribution in [2.24, 2.45) is 5.92 Å². The van der Waals surface area contributed by atoms with Crippen LogP contribution in [0.5, 0.6) is 5.75 Å². The smallest absolute Gasteiger partial charge is 0.166 e. The Morgan fingerprint density at radius 1 is 0.941 bits per heavy atom. The molecule has 0 heterocycles. The molecule has 34 heavy (non-hydrogen) atoms. The van der Waals surface area contributed by atoms with Crippen molar-refractivity contribution < 1.29 is 17.9 Å². The monoisotopic (exact) mass is 462 g/mol. The number of halogens is 3. The molecule has 1 unspecified atom stereocenters. The number of rotatable bonds is 8. The Bertz CT molecular complexity index is 1190. The van der Waals surface area contributed by atoms with Crippen LogP contribution < -0.4 is 4.74 Å². The summed E-state index contributed by atoms with van der Waals surface area (Å²) >= 11 is 0. The van der Waals surface area contributed by atoms with Gasteiger partial charge in [0.25, 0.3) is 0 Å². The van der Waals surface area contributed by atoms with Gasteiger partial charge in [-0.15, -0.1) is 0 Å². The Morgan fingerprint density at radius 2 is 1.71 bits per heavy atom. The fraction of sp³-hybridized carbons (Fsp3) is 0.267. The van der Waals surface area contributed by atoms with Crippen LogP contribution in [0.25, 0.3) is 16.7 Å². The lowest BCUT2D eigenvalue weighted by Crippen LogP contribution is -2.05. The molecular formula is C30H29F3O. The van der Waals surface area contributed by atoms with Gasteiger partial charge in [-0.05, 0) is 78.0 Å². The van der Waals surface area contributed by atoms with E-state index in [-0.39, 0.29) is 12.4 Å². The van der Waals surface area contributed by atoms with Gasteiger partial charge in [-0.3, -0.25) is 0 Å². The zero-order valence-electron chi connectivity index (χ0n) is 19.4. The second-order valence-corrected chi connectivity index (χ2v) is 8.95. The summed E-state index contributed by atoms with van der Waals surface area (Å²) in [4.78, 5) is 0. The molecule has 3 aromatic carbocycles. The fourth-order valence-corrected chi connectivity index (χ4v) is 4.33. The first kappa shape index (κ1) is 23.9. The highest BCUT2D eigenvalue weighted by atomic mass is 19.2. The van der Waals surface area contributed by atoms with Crippen molar-refractivity contribution in [1.29, 1.82) is 0 Å². The van der Waals surface area contributed by atoms with E-state index in [9.17, 15) is 13.2 Å². The highest BCUT2D eigenvalue weighted by molar-refractivity contribution is 5.67. The van der Waals surface area contributed by atoms with Gasteiger partial charge in [0, 0.05) is 5.56 Å². The maximum absolute atomic E-state index is 14.8.